The molecule has 1 N–H and O–H groups in total. The zero-order chi connectivity index (χ0) is 12.9. The van der Waals surface area contributed by atoms with Crippen molar-refractivity contribution in [2.75, 3.05) is 0 Å². The predicted octanol–water partition coefficient (Wildman–Crippen LogP) is 4.50. The lowest BCUT2D eigenvalue weighted by molar-refractivity contribution is -0.256. The molecule has 1 atom stereocenters. The van der Waals surface area contributed by atoms with Crippen molar-refractivity contribution in [2.24, 2.45) is 5.41 Å². The van der Waals surface area contributed by atoms with Crippen molar-refractivity contribution in [3.05, 3.63) is 35.5 Å². The second kappa shape index (κ2) is 6.18. The highest BCUT2D eigenvalue weighted by Crippen LogP contribution is 2.26. The van der Waals surface area contributed by atoms with Gasteiger partial charge in [0.2, 0.25) is 0 Å². The van der Waals surface area contributed by atoms with E-state index in [1.54, 1.807) is 0 Å². The van der Waals surface area contributed by atoms with Crippen molar-refractivity contribution in [3.8, 4) is 0 Å². The largest absolute Gasteiger partial charge is 0.251 e. The summed E-state index contributed by atoms with van der Waals surface area (Å²) in [5.74, 6) is 0. The Balaban J connectivity index is 2.95. The van der Waals surface area contributed by atoms with Gasteiger partial charge in [-0.3, -0.25) is 5.26 Å². The molecule has 0 fully saturated rings. The van der Waals surface area contributed by atoms with Gasteiger partial charge in [0.25, 0.3) is 0 Å². The van der Waals surface area contributed by atoms with Gasteiger partial charge in [0.05, 0.1) is 0 Å². The van der Waals surface area contributed by atoms with Crippen LogP contribution in [0.3, 0.4) is 0 Å². The molecule has 0 aromatic heterocycles. The summed E-state index contributed by atoms with van der Waals surface area (Å²) in [6.45, 7) is 8.56. The van der Waals surface area contributed by atoms with Crippen LogP contribution in [0, 0.1) is 5.41 Å². The van der Waals surface area contributed by atoms with Gasteiger partial charge in [-0.25, -0.2) is 4.89 Å². The molecule has 0 aromatic carbocycles. The topological polar surface area (TPSA) is 29.5 Å². The second-order valence-corrected chi connectivity index (χ2v) is 5.62. The molecule has 1 rings (SSSR count). The molecule has 1 unspecified atom stereocenters. The molecular formula is C15H24O2. The van der Waals surface area contributed by atoms with Crippen molar-refractivity contribution in [2.45, 2.75) is 53.1 Å². The molecule has 0 aromatic rings. The predicted molar refractivity (Wildman–Crippen MR) is 71.8 cm³/mol. The number of rotatable bonds is 1. The van der Waals surface area contributed by atoms with Crippen LogP contribution in [0.15, 0.2) is 35.5 Å². The lowest BCUT2D eigenvalue weighted by Gasteiger charge is -2.19. The van der Waals surface area contributed by atoms with Gasteiger partial charge in [0, 0.05) is 0 Å². The lowest BCUT2D eigenvalue weighted by atomic mass is 9.87. The van der Waals surface area contributed by atoms with Crippen molar-refractivity contribution in [3.63, 3.8) is 0 Å². The summed E-state index contributed by atoms with van der Waals surface area (Å²) in [6, 6.07) is 0. The molecule has 0 amide bonds. The van der Waals surface area contributed by atoms with E-state index in [0.29, 0.717) is 0 Å². The van der Waals surface area contributed by atoms with E-state index < -0.39 is 0 Å². The average Bonchev–Trinajstić information content (AvgIpc) is 2.28. The van der Waals surface area contributed by atoms with E-state index in [9.17, 15) is 0 Å². The Hall–Kier alpha value is -0.860. The number of hydrogen-bond acceptors (Lipinski definition) is 2. The molecule has 0 bridgehead atoms. The van der Waals surface area contributed by atoms with Crippen LogP contribution in [0.5, 0.6) is 0 Å². The van der Waals surface area contributed by atoms with Crippen LogP contribution in [0.25, 0.3) is 0 Å². The van der Waals surface area contributed by atoms with Crippen molar-refractivity contribution in [1.29, 1.82) is 0 Å². The van der Waals surface area contributed by atoms with E-state index in [1.165, 1.54) is 5.57 Å². The highest BCUT2D eigenvalue weighted by atomic mass is 17.1. The van der Waals surface area contributed by atoms with E-state index in [-0.39, 0.29) is 11.5 Å². The Bertz CT molecular complexity index is 335. The van der Waals surface area contributed by atoms with E-state index >= 15 is 0 Å². The molecule has 1 aliphatic carbocycles. The maximum absolute atomic E-state index is 8.93. The molecule has 0 saturated carbocycles. The fourth-order valence-electron chi connectivity index (χ4n) is 1.87. The van der Waals surface area contributed by atoms with Crippen LogP contribution in [0.1, 0.15) is 47.0 Å². The molecule has 2 heteroatoms. The second-order valence-electron chi connectivity index (χ2n) is 5.62. The Kier molecular flexibility index (Phi) is 5.16. The van der Waals surface area contributed by atoms with Gasteiger partial charge in [-0.2, -0.15) is 0 Å². The van der Waals surface area contributed by atoms with Crippen LogP contribution in [0.4, 0.5) is 0 Å². The Labute approximate surface area is 105 Å². The van der Waals surface area contributed by atoms with Gasteiger partial charge in [-0.05, 0) is 44.1 Å². The van der Waals surface area contributed by atoms with Gasteiger partial charge in [0.1, 0.15) is 6.10 Å². The average molecular weight is 236 g/mol. The molecule has 0 aliphatic heterocycles. The smallest absolute Gasteiger partial charge is 0.132 e. The first-order valence-corrected chi connectivity index (χ1v) is 6.26. The van der Waals surface area contributed by atoms with Gasteiger partial charge in [-0.1, -0.05) is 43.7 Å². The lowest BCUT2D eigenvalue weighted by Crippen LogP contribution is -2.12. The number of allylic oxidation sites excluding steroid dienone is 4. The molecule has 17 heavy (non-hydrogen) atoms. The Morgan fingerprint density at radius 1 is 1.29 bits per heavy atom. The van der Waals surface area contributed by atoms with Crippen LogP contribution in [0.2, 0.25) is 0 Å². The minimum absolute atomic E-state index is 0.0999. The molecule has 0 heterocycles. The molecule has 0 spiro atoms. The maximum atomic E-state index is 8.93. The van der Waals surface area contributed by atoms with E-state index in [0.717, 1.165) is 24.8 Å². The summed E-state index contributed by atoms with van der Waals surface area (Å²) in [4.78, 5) is 4.52. The fourth-order valence-corrected chi connectivity index (χ4v) is 1.87. The first-order valence-electron chi connectivity index (χ1n) is 6.26. The third-order valence-corrected chi connectivity index (χ3v) is 3.27. The molecule has 96 valence electrons. The first kappa shape index (κ1) is 14.2. The SMILES string of the molecule is CC1=CCC(C)(C)C=CC(OO)C(C)=CCC1. The van der Waals surface area contributed by atoms with Gasteiger partial charge >= 0.3 is 0 Å². The van der Waals surface area contributed by atoms with E-state index in [2.05, 4.69) is 43.9 Å². The van der Waals surface area contributed by atoms with Gasteiger partial charge < -0.3 is 0 Å². The quantitative estimate of drug-likeness (QED) is 0.412. The summed E-state index contributed by atoms with van der Waals surface area (Å²) >= 11 is 0. The first-order chi connectivity index (χ1) is 7.94. The maximum Gasteiger partial charge on any atom is 0.132 e. The van der Waals surface area contributed by atoms with E-state index in [4.69, 9.17) is 5.26 Å². The molecule has 0 saturated heterocycles. The standard InChI is InChI=1S/C15H24O2/c1-12-6-5-7-13(2)14(17-16)9-11-15(3,4)10-8-12/h7-9,11,14,16H,5-6,10H2,1-4H3. The van der Waals surface area contributed by atoms with Crippen molar-refractivity contribution < 1.29 is 10.1 Å². The van der Waals surface area contributed by atoms with Crippen molar-refractivity contribution in [1.82, 2.24) is 0 Å². The Morgan fingerprint density at radius 2 is 2.00 bits per heavy atom. The summed E-state index contributed by atoms with van der Waals surface area (Å²) in [5.41, 5.74) is 2.59. The summed E-state index contributed by atoms with van der Waals surface area (Å²) in [7, 11) is 0. The van der Waals surface area contributed by atoms with Crippen molar-refractivity contribution >= 4 is 0 Å². The molecular weight excluding hydrogens is 212 g/mol. The third kappa shape index (κ3) is 4.88. The highest BCUT2D eigenvalue weighted by molar-refractivity contribution is 5.17. The normalized spacial score (nSPS) is 25.8. The van der Waals surface area contributed by atoms with E-state index in [1.807, 2.05) is 13.0 Å². The fraction of sp³-hybridized carbons (Fsp3) is 0.600. The van der Waals surface area contributed by atoms with Gasteiger partial charge in [0.15, 0.2) is 0 Å². The summed E-state index contributed by atoms with van der Waals surface area (Å²) < 4.78 is 0. The zero-order valence-electron chi connectivity index (χ0n) is 11.4. The van der Waals surface area contributed by atoms with Crippen LogP contribution in [-0.2, 0) is 4.89 Å². The summed E-state index contributed by atoms with van der Waals surface area (Å²) in [5, 5.41) is 8.93. The van der Waals surface area contributed by atoms with Crippen LogP contribution in [-0.4, -0.2) is 11.4 Å². The number of hydrogen-bond donors (Lipinski definition) is 1. The third-order valence-electron chi connectivity index (χ3n) is 3.27. The minimum Gasteiger partial charge on any atom is -0.251 e. The summed E-state index contributed by atoms with van der Waals surface area (Å²) in [6.07, 6.45) is 11.3. The monoisotopic (exact) mass is 236 g/mol. The van der Waals surface area contributed by atoms with Gasteiger partial charge in [-0.15, -0.1) is 0 Å². The molecule has 1 aliphatic rings. The van der Waals surface area contributed by atoms with Crippen LogP contribution < -0.4 is 0 Å². The highest BCUT2D eigenvalue weighted by Gasteiger charge is 2.15. The minimum atomic E-state index is -0.312. The zero-order valence-corrected chi connectivity index (χ0v) is 11.4. The molecule has 2 nitrogen and oxygen atoms in total. The molecule has 0 radical (unpaired) electrons. The van der Waals surface area contributed by atoms with Crippen LogP contribution >= 0.6 is 0 Å². The Morgan fingerprint density at radius 3 is 2.65 bits per heavy atom.